The molecule has 31 heavy (non-hydrogen) atoms. The highest BCUT2D eigenvalue weighted by atomic mass is 16.3. The molecule has 4 aromatic rings. The molecule has 2 N–H and O–H groups in total. The van der Waals surface area contributed by atoms with Crippen LogP contribution in [0, 0.1) is 0 Å². The van der Waals surface area contributed by atoms with Gasteiger partial charge in [-0.3, -0.25) is 9.59 Å². The van der Waals surface area contributed by atoms with E-state index in [1.165, 1.54) is 12.4 Å². The third-order valence-electron chi connectivity index (χ3n) is 5.06. The second kappa shape index (κ2) is 9.13. The molecule has 0 unspecified atom stereocenters. The third-order valence-corrected chi connectivity index (χ3v) is 5.06. The Morgan fingerprint density at radius 1 is 0.839 bits per heavy atom. The number of aromatic hydroxyl groups is 1. The molecule has 3 aromatic carbocycles. The fourth-order valence-corrected chi connectivity index (χ4v) is 3.50. The molecular weight excluding hydrogens is 388 g/mol. The van der Waals surface area contributed by atoms with Crippen LogP contribution < -0.4 is 10.7 Å². The molecule has 5 heteroatoms. The lowest BCUT2D eigenvalue weighted by atomic mass is 9.99. The molecule has 0 fully saturated rings. The Balaban J connectivity index is 1.61. The van der Waals surface area contributed by atoms with Crippen molar-refractivity contribution in [2.24, 2.45) is 0 Å². The van der Waals surface area contributed by atoms with Gasteiger partial charge in [-0.15, -0.1) is 0 Å². The SMILES string of the molecule is O=C(NCc1ccccc1)c1cn(Cc2ccccc2-c2ccccc2)cc(O)c1=O. The highest BCUT2D eigenvalue weighted by molar-refractivity contribution is 5.94. The van der Waals surface area contributed by atoms with Crippen molar-refractivity contribution < 1.29 is 9.90 Å². The second-order valence-corrected chi connectivity index (χ2v) is 7.25. The van der Waals surface area contributed by atoms with E-state index in [-0.39, 0.29) is 5.56 Å². The highest BCUT2D eigenvalue weighted by Crippen LogP contribution is 2.24. The van der Waals surface area contributed by atoms with E-state index in [1.807, 2.05) is 84.9 Å². The van der Waals surface area contributed by atoms with Crippen molar-refractivity contribution in [3.8, 4) is 16.9 Å². The van der Waals surface area contributed by atoms with Gasteiger partial charge in [0.25, 0.3) is 5.91 Å². The van der Waals surface area contributed by atoms with Gasteiger partial charge in [-0.2, -0.15) is 0 Å². The number of benzene rings is 3. The average Bonchev–Trinajstić information content (AvgIpc) is 2.81. The normalized spacial score (nSPS) is 10.6. The monoisotopic (exact) mass is 410 g/mol. The summed E-state index contributed by atoms with van der Waals surface area (Å²) in [5, 5.41) is 12.9. The molecule has 1 aromatic heterocycles. The lowest BCUT2D eigenvalue weighted by Gasteiger charge is -2.14. The van der Waals surface area contributed by atoms with E-state index in [4.69, 9.17) is 0 Å². The number of amides is 1. The lowest BCUT2D eigenvalue weighted by molar-refractivity contribution is 0.0948. The van der Waals surface area contributed by atoms with Crippen LogP contribution in [-0.4, -0.2) is 15.6 Å². The molecule has 0 radical (unpaired) electrons. The third kappa shape index (κ3) is 4.73. The number of carbonyl (C=O) groups excluding carboxylic acids is 1. The molecule has 0 aliphatic carbocycles. The first kappa shape index (κ1) is 20.2. The van der Waals surface area contributed by atoms with Gasteiger partial charge >= 0.3 is 0 Å². The van der Waals surface area contributed by atoms with Crippen LogP contribution in [-0.2, 0) is 13.1 Å². The van der Waals surface area contributed by atoms with Crippen molar-refractivity contribution in [2.75, 3.05) is 0 Å². The van der Waals surface area contributed by atoms with Gasteiger partial charge in [0.05, 0.1) is 6.20 Å². The lowest BCUT2D eigenvalue weighted by Crippen LogP contribution is -2.29. The minimum absolute atomic E-state index is 0.0897. The van der Waals surface area contributed by atoms with Crippen LogP contribution in [0.15, 0.2) is 102 Å². The van der Waals surface area contributed by atoms with Gasteiger partial charge in [0.15, 0.2) is 5.75 Å². The summed E-state index contributed by atoms with van der Waals surface area (Å²) in [6.07, 6.45) is 2.85. The molecule has 1 heterocycles. The number of pyridine rings is 1. The van der Waals surface area contributed by atoms with E-state index >= 15 is 0 Å². The molecule has 0 aliphatic rings. The Kier molecular flexibility index (Phi) is 5.94. The number of rotatable bonds is 6. The van der Waals surface area contributed by atoms with Gasteiger partial charge in [0, 0.05) is 19.3 Å². The molecule has 0 aliphatic heterocycles. The zero-order valence-corrected chi connectivity index (χ0v) is 16.9. The molecule has 0 atom stereocenters. The van der Waals surface area contributed by atoms with E-state index < -0.39 is 17.1 Å². The zero-order chi connectivity index (χ0) is 21.6. The summed E-state index contributed by atoms with van der Waals surface area (Å²) in [5.41, 5.74) is 3.28. The largest absolute Gasteiger partial charge is 0.503 e. The first-order valence-electron chi connectivity index (χ1n) is 10.0. The van der Waals surface area contributed by atoms with E-state index in [9.17, 15) is 14.7 Å². The quantitative estimate of drug-likeness (QED) is 0.500. The van der Waals surface area contributed by atoms with E-state index in [2.05, 4.69) is 5.32 Å². The van der Waals surface area contributed by atoms with Crippen molar-refractivity contribution in [3.05, 3.63) is 124 Å². The van der Waals surface area contributed by atoms with E-state index in [0.717, 1.165) is 22.3 Å². The van der Waals surface area contributed by atoms with Crippen molar-refractivity contribution in [2.45, 2.75) is 13.1 Å². The molecule has 0 saturated heterocycles. The van der Waals surface area contributed by atoms with Crippen molar-refractivity contribution in [3.63, 3.8) is 0 Å². The van der Waals surface area contributed by atoms with E-state index in [1.54, 1.807) is 4.57 Å². The summed E-state index contributed by atoms with van der Waals surface area (Å²) < 4.78 is 1.66. The van der Waals surface area contributed by atoms with Gasteiger partial charge in [-0.25, -0.2) is 0 Å². The summed E-state index contributed by atoms with van der Waals surface area (Å²) in [6.45, 7) is 0.698. The first-order valence-corrected chi connectivity index (χ1v) is 10.0. The minimum atomic E-state index is -0.682. The standard InChI is InChI=1S/C26H22N2O3/c29-24-18-28(16-21-13-7-8-14-22(21)20-11-5-2-6-12-20)17-23(25(24)30)26(31)27-15-19-9-3-1-4-10-19/h1-14,17-18,29H,15-16H2,(H,27,31). The van der Waals surface area contributed by atoms with Gasteiger partial charge in [0.1, 0.15) is 5.56 Å². The molecule has 0 bridgehead atoms. The second-order valence-electron chi connectivity index (χ2n) is 7.25. The number of aromatic nitrogens is 1. The predicted octanol–water partition coefficient (Wildman–Crippen LogP) is 4.20. The molecule has 154 valence electrons. The molecular formula is C26H22N2O3. The van der Waals surface area contributed by atoms with Crippen LogP contribution in [0.2, 0.25) is 0 Å². The maximum atomic E-state index is 12.6. The molecule has 0 saturated carbocycles. The average molecular weight is 410 g/mol. The van der Waals surface area contributed by atoms with Crippen LogP contribution in [0.4, 0.5) is 0 Å². The van der Waals surface area contributed by atoms with Crippen LogP contribution in [0.3, 0.4) is 0 Å². The molecule has 4 rings (SSSR count). The maximum Gasteiger partial charge on any atom is 0.257 e. The minimum Gasteiger partial charge on any atom is -0.503 e. The topological polar surface area (TPSA) is 71.3 Å². The fourth-order valence-electron chi connectivity index (χ4n) is 3.50. The van der Waals surface area contributed by atoms with E-state index in [0.29, 0.717) is 13.1 Å². The highest BCUT2D eigenvalue weighted by Gasteiger charge is 2.15. The Hall–Kier alpha value is -4.12. The van der Waals surface area contributed by atoms with Crippen molar-refractivity contribution in [1.82, 2.24) is 9.88 Å². The Bertz CT molecular complexity index is 1250. The van der Waals surface area contributed by atoms with Crippen LogP contribution in [0.25, 0.3) is 11.1 Å². The van der Waals surface area contributed by atoms with Crippen molar-refractivity contribution >= 4 is 5.91 Å². The molecule has 0 spiro atoms. The van der Waals surface area contributed by atoms with Gasteiger partial charge < -0.3 is 15.0 Å². The number of nitrogens with zero attached hydrogens (tertiary/aromatic N) is 1. The Morgan fingerprint density at radius 2 is 1.48 bits per heavy atom. The summed E-state index contributed by atoms with van der Waals surface area (Å²) in [4.78, 5) is 25.0. The van der Waals surface area contributed by atoms with Crippen LogP contribution in [0.1, 0.15) is 21.5 Å². The summed E-state index contributed by atoms with van der Waals surface area (Å²) in [7, 11) is 0. The molecule has 5 nitrogen and oxygen atoms in total. The zero-order valence-electron chi connectivity index (χ0n) is 16.9. The Labute approximate surface area is 180 Å². The summed E-state index contributed by atoms with van der Waals surface area (Å²) in [5.74, 6) is -0.973. The summed E-state index contributed by atoms with van der Waals surface area (Å²) >= 11 is 0. The number of carbonyl (C=O) groups is 1. The Morgan fingerprint density at radius 3 is 2.23 bits per heavy atom. The van der Waals surface area contributed by atoms with Gasteiger partial charge in [-0.1, -0.05) is 84.9 Å². The fraction of sp³-hybridized carbons (Fsp3) is 0.0769. The predicted molar refractivity (Wildman–Crippen MR) is 121 cm³/mol. The summed E-state index contributed by atoms with van der Waals surface area (Å²) in [6, 6.07) is 27.4. The number of nitrogens with one attached hydrogen (secondary N) is 1. The van der Waals surface area contributed by atoms with Crippen LogP contribution >= 0.6 is 0 Å². The number of hydrogen-bond acceptors (Lipinski definition) is 3. The van der Waals surface area contributed by atoms with Gasteiger partial charge in [-0.05, 0) is 22.3 Å². The molecule has 1 amide bonds. The smallest absolute Gasteiger partial charge is 0.257 e. The van der Waals surface area contributed by atoms with Crippen LogP contribution in [0.5, 0.6) is 5.75 Å². The number of hydrogen-bond donors (Lipinski definition) is 2. The van der Waals surface area contributed by atoms with Crippen molar-refractivity contribution in [1.29, 1.82) is 0 Å². The first-order chi connectivity index (χ1) is 15.1. The maximum absolute atomic E-state index is 12.6. The van der Waals surface area contributed by atoms with Gasteiger partial charge in [0.2, 0.25) is 5.43 Å².